The average Bonchev–Trinajstić information content (AvgIpc) is 2.49. The second-order valence-corrected chi connectivity index (χ2v) is 6.28. The van der Waals surface area contributed by atoms with Gasteiger partial charge >= 0.3 is 6.03 Å². The molecule has 0 spiro atoms. The summed E-state index contributed by atoms with van der Waals surface area (Å²) in [5.41, 5.74) is 1.57. The Morgan fingerprint density at radius 2 is 1.79 bits per heavy atom. The van der Waals surface area contributed by atoms with Crippen LogP contribution in [-0.4, -0.2) is 30.1 Å². The molecular formula is C18H29N3O3. The van der Waals surface area contributed by atoms with Gasteiger partial charge in [0.1, 0.15) is 11.8 Å². The molecule has 0 saturated carbocycles. The van der Waals surface area contributed by atoms with Crippen LogP contribution in [0.15, 0.2) is 18.2 Å². The second kappa shape index (κ2) is 9.15. The zero-order valence-electron chi connectivity index (χ0n) is 15.4. The number of carbonyl (C=O) groups excluding carboxylic acids is 2. The molecule has 3 amide bonds. The monoisotopic (exact) mass is 335 g/mol. The number of hydrogen-bond donors (Lipinski definition) is 3. The molecule has 3 N–H and O–H groups in total. The van der Waals surface area contributed by atoms with Crippen LogP contribution in [0.2, 0.25) is 0 Å². The third-order valence-electron chi connectivity index (χ3n) is 3.56. The molecule has 1 rings (SSSR count). The van der Waals surface area contributed by atoms with Crippen molar-refractivity contribution in [3.05, 3.63) is 23.8 Å². The number of anilines is 1. The second-order valence-electron chi connectivity index (χ2n) is 6.28. The van der Waals surface area contributed by atoms with Crippen LogP contribution >= 0.6 is 0 Å². The number of amides is 3. The van der Waals surface area contributed by atoms with Gasteiger partial charge in [-0.2, -0.15) is 0 Å². The van der Waals surface area contributed by atoms with E-state index in [0.29, 0.717) is 5.69 Å². The number of nitrogens with one attached hydrogen (secondary N) is 3. The molecule has 0 bridgehead atoms. The van der Waals surface area contributed by atoms with Crippen molar-refractivity contribution in [3.63, 3.8) is 0 Å². The Morgan fingerprint density at radius 3 is 2.33 bits per heavy atom. The van der Waals surface area contributed by atoms with Gasteiger partial charge in [0.15, 0.2) is 0 Å². The van der Waals surface area contributed by atoms with Crippen LogP contribution in [0.3, 0.4) is 0 Å². The Hall–Kier alpha value is -2.24. The number of benzene rings is 1. The third kappa shape index (κ3) is 6.48. The van der Waals surface area contributed by atoms with Gasteiger partial charge in [-0.05, 0) is 64.8 Å². The lowest BCUT2D eigenvalue weighted by atomic mass is 10.2. The smallest absolute Gasteiger partial charge is 0.319 e. The maximum absolute atomic E-state index is 12.1. The fourth-order valence-electron chi connectivity index (χ4n) is 2.01. The van der Waals surface area contributed by atoms with E-state index < -0.39 is 12.1 Å². The lowest BCUT2D eigenvalue weighted by Crippen LogP contribution is -2.48. The Balaban J connectivity index is 2.60. The Morgan fingerprint density at radius 1 is 1.12 bits per heavy atom. The fraction of sp³-hybridized carbons (Fsp3) is 0.556. The van der Waals surface area contributed by atoms with E-state index in [9.17, 15) is 9.59 Å². The van der Waals surface area contributed by atoms with Gasteiger partial charge in [-0.15, -0.1) is 0 Å². The van der Waals surface area contributed by atoms with E-state index >= 15 is 0 Å². The lowest BCUT2D eigenvalue weighted by molar-refractivity contribution is -0.123. The van der Waals surface area contributed by atoms with Crippen LogP contribution < -0.4 is 20.7 Å². The number of rotatable bonds is 7. The minimum atomic E-state index is -0.608. The minimum absolute atomic E-state index is 0.0838. The predicted molar refractivity (Wildman–Crippen MR) is 96.5 cm³/mol. The van der Waals surface area contributed by atoms with Gasteiger partial charge < -0.3 is 20.7 Å². The molecule has 0 saturated heterocycles. The molecule has 0 aliphatic rings. The van der Waals surface area contributed by atoms with Gasteiger partial charge in [0.25, 0.3) is 0 Å². The zero-order chi connectivity index (χ0) is 18.3. The number of urea groups is 1. The van der Waals surface area contributed by atoms with E-state index in [-0.39, 0.29) is 18.1 Å². The van der Waals surface area contributed by atoms with Crippen LogP contribution in [0, 0.1) is 6.92 Å². The molecular weight excluding hydrogens is 306 g/mol. The third-order valence-corrected chi connectivity index (χ3v) is 3.56. The van der Waals surface area contributed by atoms with Gasteiger partial charge in [-0.1, -0.05) is 6.92 Å². The molecule has 6 heteroatoms. The lowest BCUT2D eigenvalue weighted by Gasteiger charge is -2.18. The molecule has 0 aromatic heterocycles. The van der Waals surface area contributed by atoms with Crippen molar-refractivity contribution in [2.24, 2.45) is 0 Å². The van der Waals surface area contributed by atoms with Crippen molar-refractivity contribution in [3.8, 4) is 5.75 Å². The summed E-state index contributed by atoms with van der Waals surface area (Å²) in [6, 6.07) is 4.53. The van der Waals surface area contributed by atoms with E-state index in [1.54, 1.807) is 13.0 Å². The Bertz CT molecular complexity index is 573. The Kier molecular flexibility index (Phi) is 7.55. The molecule has 1 aromatic rings. The number of ether oxygens (including phenoxy) is 1. The maximum atomic E-state index is 12.1. The standard InChI is InChI=1S/C18H29N3O3/c1-7-13(5)19-17(22)14(6)20-18(23)21-16-9-8-15(10-12(16)4)24-11(2)3/h8-11,13-14H,7H2,1-6H3,(H,19,22)(H2,20,21,23)/t13-,14+/m1/s1. The number of aryl methyl sites for hydroxylation is 1. The molecule has 6 nitrogen and oxygen atoms in total. The largest absolute Gasteiger partial charge is 0.491 e. The van der Waals surface area contributed by atoms with Crippen LogP contribution in [0.25, 0.3) is 0 Å². The first-order valence-electron chi connectivity index (χ1n) is 8.38. The first-order chi connectivity index (χ1) is 11.2. The van der Waals surface area contributed by atoms with E-state index in [1.807, 2.05) is 46.8 Å². The van der Waals surface area contributed by atoms with Gasteiger partial charge in [0.05, 0.1) is 6.10 Å². The maximum Gasteiger partial charge on any atom is 0.319 e. The molecule has 0 radical (unpaired) electrons. The Labute approximate surface area is 144 Å². The molecule has 0 fully saturated rings. The number of carbonyl (C=O) groups is 2. The van der Waals surface area contributed by atoms with E-state index in [0.717, 1.165) is 17.7 Å². The summed E-state index contributed by atoms with van der Waals surface area (Å²) in [5.74, 6) is 0.562. The highest BCUT2D eigenvalue weighted by Crippen LogP contribution is 2.22. The summed E-state index contributed by atoms with van der Waals surface area (Å²) < 4.78 is 5.62. The van der Waals surface area contributed by atoms with Gasteiger partial charge in [0, 0.05) is 11.7 Å². The fourth-order valence-corrected chi connectivity index (χ4v) is 2.01. The first-order valence-corrected chi connectivity index (χ1v) is 8.38. The van der Waals surface area contributed by atoms with Crippen molar-refractivity contribution < 1.29 is 14.3 Å². The predicted octanol–water partition coefficient (Wildman–Crippen LogP) is 3.21. The van der Waals surface area contributed by atoms with Crippen molar-refractivity contribution in [1.82, 2.24) is 10.6 Å². The molecule has 0 unspecified atom stereocenters. The van der Waals surface area contributed by atoms with Crippen LogP contribution in [0.1, 0.15) is 46.6 Å². The highest BCUT2D eigenvalue weighted by molar-refractivity contribution is 5.94. The molecule has 2 atom stereocenters. The number of hydrogen-bond acceptors (Lipinski definition) is 3. The van der Waals surface area contributed by atoms with E-state index in [2.05, 4.69) is 16.0 Å². The molecule has 24 heavy (non-hydrogen) atoms. The molecule has 0 aliphatic carbocycles. The van der Waals surface area contributed by atoms with E-state index in [1.165, 1.54) is 0 Å². The molecule has 0 heterocycles. The SMILES string of the molecule is CC[C@@H](C)NC(=O)[C@H](C)NC(=O)Nc1ccc(OC(C)C)cc1C. The molecule has 134 valence electrons. The minimum Gasteiger partial charge on any atom is -0.491 e. The normalized spacial score (nSPS) is 13.1. The summed E-state index contributed by atoms with van der Waals surface area (Å²) >= 11 is 0. The van der Waals surface area contributed by atoms with Gasteiger partial charge in [-0.25, -0.2) is 4.79 Å². The first kappa shape index (κ1) is 19.8. The van der Waals surface area contributed by atoms with Crippen LogP contribution in [-0.2, 0) is 4.79 Å². The summed E-state index contributed by atoms with van der Waals surface area (Å²) in [6.45, 7) is 11.4. The van der Waals surface area contributed by atoms with Gasteiger partial charge in [-0.3, -0.25) is 4.79 Å². The highest BCUT2D eigenvalue weighted by atomic mass is 16.5. The summed E-state index contributed by atoms with van der Waals surface area (Å²) in [7, 11) is 0. The van der Waals surface area contributed by atoms with Crippen molar-refractivity contribution in [1.29, 1.82) is 0 Å². The van der Waals surface area contributed by atoms with Crippen LogP contribution in [0.4, 0.5) is 10.5 Å². The van der Waals surface area contributed by atoms with Crippen molar-refractivity contribution in [2.75, 3.05) is 5.32 Å². The van der Waals surface area contributed by atoms with Crippen LogP contribution in [0.5, 0.6) is 5.75 Å². The summed E-state index contributed by atoms with van der Waals surface area (Å²) in [5, 5.41) is 8.23. The van der Waals surface area contributed by atoms with Crippen molar-refractivity contribution >= 4 is 17.6 Å². The molecule has 0 aliphatic heterocycles. The molecule has 1 aromatic carbocycles. The average molecular weight is 335 g/mol. The topological polar surface area (TPSA) is 79.5 Å². The van der Waals surface area contributed by atoms with Crippen molar-refractivity contribution in [2.45, 2.75) is 66.2 Å². The highest BCUT2D eigenvalue weighted by Gasteiger charge is 2.17. The van der Waals surface area contributed by atoms with Gasteiger partial charge in [0.2, 0.25) is 5.91 Å². The summed E-state index contributed by atoms with van der Waals surface area (Å²) in [6.07, 6.45) is 0.936. The summed E-state index contributed by atoms with van der Waals surface area (Å²) in [4.78, 5) is 24.0. The quantitative estimate of drug-likeness (QED) is 0.716. The van der Waals surface area contributed by atoms with E-state index in [4.69, 9.17) is 4.74 Å². The zero-order valence-corrected chi connectivity index (χ0v) is 15.4.